The molecular formula is C17H19ClFN3O5. The molecule has 1 saturated heterocycles. The molecule has 1 aromatic rings. The minimum Gasteiger partial charge on any atom is -0.453 e. The normalized spacial score (nSPS) is 15.1. The number of anilines is 1. The number of ether oxygens (including phenoxy) is 1. The summed E-state index contributed by atoms with van der Waals surface area (Å²) in [7, 11) is 1.52. The van der Waals surface area contributed by atoms with Crippen LogP contribution in [0.1, 0.15) is 19.8 Å². The number of nitrogens with zero attached hydrogens (tertiary/aromatic N) is 2. The van der Waals surface area contributed by atoms with Crippen molar-refractivity contribution in [2.75, 3.05) is 25.5 Å². The van der Waals surface area contributed by atoms with Crippen molar-refractivity contribution in [2.24, 2.45) is 0 Å². The summed E-state index contributed by atoms with van der Waals surface area (Å²) >= 11 is 5.64. The van der Waals surface area contributed by atoms with Crippen molar-refractivity contribution in [1.82, 2.24) is 9.80 Å². The number of rotatable bonds is 7. The number of halogens is 2. The maximum absolute atomic E-state index is 13.1. The van der Waals surface area contributed by atoms with Gasteiger partial charge in [-0.1, -0.05) is 11.6 Å². The highest BCUT2D eigenvalue weighted by Gasteiger charge is 2.33. The molecule has 1 N–H and O–H groups in total. The number of benzene rings is 1. The molecular weight excluding hydrogens is 381 g/mol. The van der Waals surface area contributed by atoms with E-state index in [-0.39, 0.29) is 42.5 Å². The first-order valence-electron chi connectivity index (χ1n) is 8.20. The first-order chi connectivity index (χ1) is 12.7. The summed E-state index contributed by atoms with van der Waals surface area (Å²) in [5, 5.41) is 2.32. The summed E-state index contributed by atoms with van der Waals surface area (Å²) in [4.78, 5) is 49.5. The van der Waals surface area contributed by atoms with Crippen molar-refractivity contribution < 1.29 is 28.3 Å². The lowest BCUT2D eigenvalue weighted by Gasteiger charge is -2.15. The van der Waals surface area contributed by atoms with Crippen LogP contribution in [0.4, 0.5) is 14.9 Å². The third-order valence-electron chi connectivity index (χ3n) is 3.86. The predicted octanol–water partition coefficient (Wildman–Crippen LogP) is 2.02. The number of amides is 4. The van der Waals surface area contributed by atoms with Gasteiger partial charge < -0.3 is 15.0 Å². The number of carbonyl (C=O) groups is 4. The Morgan fingerprint density at radius 2 is 2.07 bits per heavy atom. The molecule has 1 atom stereocenters. The number of nitrogens with one attached hydrogen (secondary N) is 1. The average molecular weight is 400 g/mol. The number of hydrogen-bond donors (Lipinski definition) is 1. The molecule has 146 valence electrons. The van der Waals surface area contributed by atoms with Crippen LogP contribution in [-0.4, -0.2) is 59.9 Å². The highest BCUT2D eigenvalue weighted by Crippen LogP contribution is 2.19. The van der Waals surface area contributed by atoms with Gasteiger partial charge in [0.1, 0.15) is 12.4 Å². The summed E-state index contributed by atoms with van der Waals surface area (Å²) < 4.78 is 18.1. The average Bonchev–Trinajstić information content (AvgIpc) is 2.84. The molecule has 1 aliphatic heterocycles. The molecule has 1 aromatic carbocycles. The molecule has 0 aromatic heterocycles. The van der Waals surface area contributed by atoms with E-state index in [9.17, 15) is 23.6 Å². The molecule has 4 amide bonds. The predicted molar refractivity (Wildman–Crippen MR) is 94.6 cm³/mol. The maximum atomic E-state index is 13.1. The largest absolute Gasteiger partial charge is 0.453 e. The molecule has 0 unspecified atom stereocenters. The van der Waals surface area contributed by atoms with Crippen LogP contribution in [0.3, 0.4) is 0 Å². The van der Waals surface area contributed by atoms with Crippen LogP contribution in [0.15, 0.2) is 18.2 Å². The fraction of sp³-hybridized carbons (Fsp3) is 0.412. The Kier molecular flexibility index (Phi) is 6.73. The van der Waals surface area contributed by atoms with Crippen LogP contribution in [-0.2, 0) is 19.1 Å². The first-order valence-corrected chi connectivity index (χ1v) is 8.57. The Labute approximate surface area is 160 Å². The van der Waals surface area contributed by atoms with Gasteiger partial charge in [0, 0.05) is 25.7 Å². The molecule has 0 saturated carbocycles. The van der Waals surface area contributed by atoms with Crippen LogP contribution in [0.2, 0.25) is 5.02 Å². The Balaban J connectivity index is 1.76. The summed E-state index contributed by atoms with van der Waals surface area (Å²) in [5.74, 6) is -2.17. The van der Waals surface area contributed by atoms with Gasteiger partial charge in [-0.2, -0.15) is 0 Å². The van der Waals surface area contributed by atoms with E-state index in [2.05, 4.69) is 5.32 Å². The molecule has 0 bridgehead atoms. The highest BCUT2D eigenvalue weighted by atomic mass is 35.5. The third kappa shape index (κ3) is 5.40. The lowest BCUT2D eigenvalue weighted by Crippen LogP contribution is -2.33. The SMILES string of the molecule is C[C@@H](OC(=O)CCCN1C(=O)CN(C)C1=O)C(=O)Nc1ccc(F)c(Cl)c1. The Morgan fingerprint density at radius 3 is 2.67 bits per heavy atom. The second kappa shape index (κ2) is 8.81. The molecule has 0 aliphatic carbocycles. The molecule has 1 aliphatic rings. The first kappa shape index (κ1) is 20.6. The van der Waals surface area contributed by atoms with E-state index in [4.69, 9.17) is 16.3 Å². The van der Waals surface area contributed by atoms with Gasteiger partial charge in [-0.15, -0.1) is 0 Å². The van der Waals surface area contributed by atoms with Crippen LogP contribution >= 0.6 is 11.6 Å². The minimum atomic E-state index is -1.08. The molecule has 8 nitrogen and oxygen atoms in total. The van der Waals surface area contributed by atoms with E-state index >= 15 is 0 Å². The van der Waals surface area contributed by atoms with Crippen molar-refractivity contribution in [3.63, 3.8) is 0 Å². The number of imide groups is 1. The summed E-state index contributed by atoms with van der Waals surface area (Å²) in [6.07, 6.45) is -0.908. The van der Waals surface area contributed by atoms with Crippen LogP contribution in [0, 0.1) is 5.82 Å². The standard InChI is InChI=1S/C17H19ClFN3O5/c1-10(16(25)20-11-5-6-13(19)12(18)8-11)27-15(24)4-3-7-22-14(23)9-21(2)17(22)26/h5-6,8,10H,3-4,7,9H2,1-2H3,(H,20,25)/t10-/m1/s1. The van der Waals surface area contributed by atoms with Crippen molar-refractivity contribution >= 4 is 41.1 Å². The summed E-state index contributed by atoms with van der Waals surface area (Å²) in [5.41, 5.74) is 0.268. The highest BCUT2D eigenvalue weighted by molar-refractivity contribution is 6.31. The second-order valence-corrected chi connectivity index (χ2v) is 6.44. The number of likely N-dealkylation sites (N-methyl/N-ethyl adjacent to an activating group) is 1. The molecule has 1 heterocycles. The van der Waals surface area contributed by atoms with Gasteiger partial charge in [0.05, 0.1) is 5.02 Å². The van der Waals surface area contributed by atoms with Crippen LogP contribution < -0.4 is 5.32 Å². The maximum Gasteiger partial charge on any atom is 0.326 e. The zero-order chi connectivity index (χ0) is 20.1. The lowest BCUT2D eigenvalue weighted by atomic mass is 10.2. The van der Waals surface area contributed by atoms with Crippen molar-refractivity contribution in [3.8, 4) is 0 Å². The van der Waals surface area contributed by atoms with Crippen molar-refractivity contribution in [3.05, 3.63) is 29.0 Å². The van der Waals surface area contributed by atoms with E-state index in [0.29, 0.717) is 0 Å². The van der Waals surface area contributed by atoms with E-state index in [1.54, 1.807) is 0 Å². The van der Waals surface area contributed by atoms with Crippen molar-refractivity contribution in [1.29, 1.82) is 0 Å². The Morgan fingerprint density at radius 1 is 1.37 bits per heavy atom. The Bertz CT molecular complexity index is 773. The van der Waals surface area contributed by atoms with E-state index in [1.807, 2.05) is 0 Å². The molecule has 2 rings (SSSR count). The molecule has 0 radical (unpaired) electrons. The van der Waals surface area contributed by atoms with Gasteiger partial charge in [0.25, 0.3) is 5.91 Å². The fourth-order valence-electron chi connectivity index (χ4n) is 2.40. The molecule has 0 spiro atoms. The van der Waals surface area contributed by atoms with Gasteiger partial charge in [0.2, 0.25) is 5.91 Å². The van der Waals surface area contributed by atoms with Gasteiger partial charge in [-0.05, 0) is 31.5 Å². The number of carbonyl (C=O) groups excluding carboxylic acids is 4. The monoisotopic (exact) mass is 399 g/mol. The van der Waals surface area contributed by atoms with Gasteiger partial charge in [0.15, 0.2) is 6.10 Å². The zero-order valence-corrected chi connectivity index (χ0v) is 15.6. The minimum absolute atomic E-state index is 0.0217. The Hall–Kier alpha value is -2.68. The van der Waals surface area contributed by atoms with Crippen molar-refractivity contribution in [2.45, 2.75) is 25.9 Å². The topological polar surface area (TPSA) is 96.0 Å². The fourth-order valence-corrected chi connectivity index (χ4v) is 2.58. The quantitative estimate of drug-likeness (QED) is 0.559. The van der Waals surface area contributed by atoms with E-state index in [0.717, 1.165) is 11.0 Å². The number of hydrogen-bond acceptors (Lipinski definition) is 5. The zero-order valence-electron chi connectivity index (χ0n) is 14.8. The smallest absolute Gasteiger partial charge is 0.326 e. The summed E-state index contributed by atoms with van der Waals surface area (Å²) in [6, 6.07) is 3.27. The molecule has 10 heteroatoms. The van der Waals surface area contributed by atoms with Crippen LogP contribution in [0.25, 0.3) is 0 Å². The van der Waals surface area contributed by atoms with Crippen LogP contribution in [0.5, 0.6) is 0 Å². The molecule has 27 heavy (non-hydrogen) atoms. The van der Waals surface area contributed by atoms with E-state index in [1.165, 1.54) is 31.0 Å². The lowest BCUT2D eigenvalue weighted by molar-refractivity contribution is -0.153. The third-order valence-corrected chi connectivity index (χ3v) is 4.15. The van der Waals surface area contributed by atoms with E-state index < -0.39 is 29.8 Å². The molecule has 1 fully saturated rings. The van der Waals surface area contributed by atoms with Gasteiger partial charge in [-0.3, -0.25) is 19.3 Å². The second-order valence-electron chi connectivity index (χ2n) is 6.04. The number of esters is 1. The summed E-state index contributed by atoms with van der Waals surface area (Å²) in [6.45, 7) is 1.51. The number of urea groups is 1. The van der Waals surface area contributed by atoms with Gasteiger partial charge >= 0.3 is 12.0 Å². The van der Waals surface area contributed by atoms with Gasteiger partial charge in [-0.25, -0.2) is 9.18 Å².